The molecule has 0 spiro atoms. The number of anilines is 1. The Kier molecular flexibility index (Phi) is 8.04. The number of carbonyl (C=O) groups excluding carboxylic acids is 3. The van der Waals surface area contributed by atoms with Gasteiger partial charge in [0.05, 0.1) is 40.4 Å². The summed E-state index contributed by atoms with van der Waals surface area (Å²) in [5, 5.41) is 2.57. The van der Waals surface area contributed by atoms with E-state index in [-0.39, 0.29) is 6.42 Å². The molecular weight excluding hydrogens is 394 g/mol. The van der Waals surface area contributed by atoms with E-state index in [1.165, 1.54) is 40.6 Å². The Bertz CT molecular complexity index is 883. The predicted octanol–water partition coefficient (Wildman–Crippen LogP) is 2.22. The first-order valence-electron chi connectivity index (χ1n) is 8.84. The molecule has 0 aliphatic carbocycles. The molecular formula is C21H23NO8. The maximum absolute atomic E-state index is 12.1. The molecule has 0 unspecified atom stereocenters. The van der Waals surface area contributed by atoms with Crippen LogP contribution >= 0.6 is 0 Å². The van der Waals surface area contributed by atoms with Crippen LogP contribution in [0.5, 0.6) is 17.2 Å². The van der Waals surface area contributed by atoms with Crippen LogP contribution in [0.1, 0.15) is 15.9 Å². The summed E-state index contributed by atoms with van der Waals surface area (Å²) in [5.74, 6) is -0.358. The van der Waals surface area contributed by atoms with Gasteiger partial charge in [-0.15, -0.1) is 0 Å². The van der Waals surface area contributed by atoms with Gasteiger partial charge in [-0.25, -0.2) is 4.79 Å². The monoisotopic (exact) mass is 417 g/mol. The number of carbonyl (C=O) groups is 3. The number of methoxy groups -OCH3 is 4. The topological polar surface area (TPSA) is 109 Å². The number of nitrogens with one attached hydrogen (secondary N) is 1. The predicted molar refractivity (Wildman–Crippen MR) is 107 cm³/mol. The number of rotatable bonds is 9. The third kappa shape index (κ3) is 5.87. The van der Waals surface area contributed by atoms with Gasteiger partial charge in [-0.1, -0.05) is 0 Å². The molecule has 0 atom stereocenters. The zero-order chi connectivity index (χ0) is 22.1. The fourth-order valence-corrected chi connectivity index (χ4v) is 2.61. The van der Waals surface area contributed by atoms with E-state index in [4.69, 9.17) is 18.9 Å². The third-order valence-corrected chi connectivity index (χ3v) is 4.03. The first-order chi connectivity index (χ1) is 14.4. The van der Waals surface area contributed by atoms with E-state index in [0.29, 0.717) is 34.1 Å². The molecule has 2 rings (SSSR count). The molecule has 9 heteroatoms. The van der Waals surface area contributed by atoms with Crippen LogP contribution < -0.4 is 19.5 Å². The summed E-state index contributed by atoms with van der Waals surface area (Å²) >= 11 is 0. The molecule has 0 saturated carbocycles. The highest BCUT2D eigenvalue weighted by atomic mass is 16.5. The van der Waals surface area contributed by atoms with Crippen LogP contribution in [0, 0.1) is 0 Å². The van der Waals surface area contributed by atoms with E-state index in [1.54, 1.807) is 24.3 Å². The lowest BCUT2D eigenvalue weighted by Gasteiger charge is -2.14. The second-order valence-corrected chi connectivity index (χ2v) is 5.99. The smallest absolute Gasteiger partial charge is 0.337 e. The minimum atomic E-state index is -0.597. The van der Waals surface area contributed by atoms with Gasteiger partial charge in [-0.05, 0) is 42.0 Å². The molecule has 30 heavy (non-hydrogen) atoms. The van der Waals surface area contributed by atoms with Crippen molar-refractivity contribution in [3.63, 3.8) is 0 Å². The lowest BCUT2D eigenvalue weighted by Crippen LogP contribution is -2.21. The Balaban J connectivity index is 1.91. The van der Waals surface area contributed by atoms with E-state index >= 15 is 0 Å². The first-order valence-corrected chi connectivity index (χ1v) is 8.84. The number of ether oxygens (including phenoxy) is 5. The van der Waals surface area contributed by atoms with Crippen LogP contribution in [0.15, 0.2) is 36.4 Å². The summed E-state index contributed by atoms with van der Waals surface area (Å²) in [6.45, 7) is -0.456. The maximum atomic E-state index is 12.1. The van der Waals surface area contributed by atoms with Gasteiger partial charge in [0.15, 0.2) is 18.1 Å². The average molecular weight is 417 g/mol. The Morgan fingerprint density at radius 3 is 1.97 bits per heavy atom. The van der Waals surface area contributed by atoms with Gasteiger partial charge in [-0.2, -0.15) is 0 Å². The van der Waals surface area contributed by atoms with E-state index in [1.807, 2.05) is 0 Å². The second kappa shape index (κ2) is 10.7. The van der Waals surface area contributed by atoms with Gasteiger partial charge >= 0.3 is 11.9 Å². The molecule has 0 fully saturated rings. The third-order valence-electron chi connectivity index (χ3n) is 4.03. The Morgan fingerprint density at radius 1 is 0.867 bits per heavy atom. The molecule has 0 radical (unpaired) electrons. The highest BCUT2D eigenvalue weighted by Crippen LogP contribution is 2.38. The molecule has 160 valence electrons. The number of hydrogen-bond acceptors (Lipinski definition) is 8. The normalized spacial score (nSPS) is 10.0. The molecule has 0 saturated heterocycles. The molecule has 0 heterocycles. The number of amides is 1. The van der Waals surface area contributed by atoms with E-state index in [0.717, 1.165) is 0 Å². The molecule has 0 aromatic heterocycles. The van der Waals surface area contributed by atoms with Crippen molar-refractivity contribution in [2.45, 2.75) is 6.42 Å². The van der Waals surface area contributed by atoms with Gasteiger partial charge in [0.2, 0.25) is 5.75 Å². The van der Waals surface area contributed by atoms with Crippen molar-refractivity contribution in [2.75, 3.05) is 40.4 Å². The summed E-state index contributed by atoms with van der Waals surface area (Å²) in [6.07, 6.45) is -0.0855. The number of hydrogen-bond donors (Lipinski definition) is 1. The molecule has 1 amide bonds. The van der Waals surface area contributed by atoms with Gasteiger partial charge < -0.3 is 29.0 Å². The second-order valence-electron chi connectivity index (χ2n) is 5.99. The Hall–Kier alpha value is -3.75. The molecule has 2 aromatic rings. The number of esters is 2. The van der Waals surface area contributed by atoms with Crippen LogP contribution in [0.4, 0.5) is 5.69 Å². The molecule has 0 aliphatic rings. The van der Waals surface area contributed by atoms with E-state index in [9.17, 15) is 14.4 Å². The molecule has 1 N–H and O–H groups in total. The van der Waals surface area contributed by atoms with Crippen molar-refractivity contribution in [1.82, 2.24) is 0 Å². The zero-order valence-electron chi connectivity index (χ0n) is 17.1. The van der Waals surface area contributed by atoms with Gasteiger partial charge in [0.25, 0.3) is 5.91 Å². The van der Waals surface area contributed by atoms with Gasteiger partial charge in [-0.3, -0.25) is 9.59 Å². The summed E-state index contributed by atoms with van der Waals surface area (Å²) < 4.78 is 25.4. The van der Waals surface area contributed by atoms with Gasteiger partial charge in [0, 0.05) is 5.69 Å². The minimum Gasteiger partial charge on any atom is -0.493 e. The fourth-order valence-electron chi connectivity index (χ4n) is 2.61. The highest BCUT2D eigenvalue weighted by Gasteiger charge is 2.16. The molecule has 0 bridgehead atoms. The van der Waals surface area contributed by atoms with Crippen LogP contribution in [0.2, 0.25) is 0 Å². The molecule has 0 aliphatic heterocycles. The van der Waals surface area contributed by atoms with Crippen molar-refractivity contribution in [2.24, 2.45) is 0 Å². The molecule has 2 aromatic carbocycles. The van der Waals surface area contributed by atoms with Crippen LogP contribution in [0.3, 0.4) is 0 Å². The highest BCUT2D eigenvalue weighted by molar-refractivity contribution is 5.94. The SMILES string of the molecule is COC(=O)c1ccc(NC(=O)COC(=O)Cc2cc(OC)c(OC)c(OC)c2)cc1. The first kappa shape index (κ1) is 22.5. The van der Waals surface area contributed by atoms with Crippen LogP contribution in [0.25, 0.3) is 0 Å². The summed E-state index contributed by atoms with van der Waals surface area (Å²) in [5.41, 5.74) is 1.38. The Morgan fingerprint density at radius 2 is 1.47 bits per heavy atom. The van der Waals surface area contributed by atoms with Crippen molar-refractivity contribution < 1.29 is 38.1 Å². The lowest BCUT2D eigenvalue weighted by molar-refractivity contribution is -0.146. The lowest BCUT2D eigenvalue weighted by atomic mass is 10.1. The van der Waals surface area contributed by atoms with Crippen LogP contribution in [-0.4, -0.2) is 52.9 Å². The van der Waals surface area contributed by atoms with Crippen LogP contribution in [-0.2, 0) is 25.5 Å². The van der Waals surface area contributed by atoms with E-state index < -0.39 is 24.5 Å². The van der Waals surface area contributed by atoms with Crippen molar-refractivity contribution in [3.05, 3.63) is 47.5 Å². The van der Waals surface area contributed by atoms with Crippen molar-refractivity contribution in [1.29, 1.82) is 0 Å². The quantitative estimate of drug-likeness (QED) is 0.619. The maximum Gasteiger partial charge on any atom is 0.337 e. The zero-order valence-corrected chi connectivity index (χ0v) is 17.1. The van der Waals surface area contributed by atoms with E-state index in [2.05, 4.69) is 10.1 Å². The van der Waals surface area contributed by atoms with Gasteiger partial charge in [0.1, 0.15) is 0 Å². The molecule has 9 nitrogen and oxygen atoms in total. The minimum absolute atomic E-state index is 0.0855. The largest absolute Gasteiger partial charge is 0.493 e. The summed E-state index contributed by atoms with van der Waals surface area (Å²) in [6, 6.07) is 9.37. The summed E-state index contributed by atoms with van der Waals surface area (Å²) in [7, 11) is 5.71. The van der Waals surface area contributed by atoms with Crippen molar-refractivity contribution >= 4 is 23.5 Å². The number of benzene rings is 2. The van der Waals surface area contributed by atoms with Crippen molar-refractivity contribution in [3.8, 4) is 17.2 Å². The standard InChI is InChI=1S/C21H23NO8/c1-26-16-9-13(10-17(27-2)20(16)28-3)11-19(24)30-12-18(23)22-15-7-5-14(6-8-15)21(25)29-4/h5-10H,11-12H2,1-4H3,(H,22,23). The average Bonchev–Trinajstić information content (AvgIpc) is 2.76. The fraction of sp³-hybridized carbons (Fsp3) is 0.286. The summed E-state index contributed by atoms with van der Waals surface area (Å²) in [4.78, 5) is 35.5. The Labute approximate surface area is 173 Å².